The molecule has 0 saturated heterocycles. The van der Waals surface area contributed by atoms with Crippen LogP contribution in [0.3, 0.4) is 0 Å². The molecule has 0 aliphatic heterocycles. The topological polar surface area (TPSA) is 57.5 Å². The molecule has 24 heavy (non-hydrogen) atoms. The summed E-state index contributed by atoms with van der Waals surface area (Å²) < 4.78 is 38.4. The first-order chi connectivity index (χ1) is 11.1. The SMILES string of the molecule is CC(C)CCCC(O)C(c1ccccc1C(=O)C(F)(F)F)C(C)O. The second-order valence-corrected chi connectivity index (χ2v) is 6.57. The number of rotatable bonds is 8. The lowest BCUT2D eigenvalue weighted by molar-refractivity contribution is -0.0887. The maximum Gasteiger partial charge on any atom is 0.454 e. The molecule has 0 spiro atoms. The highest BCUT2D eigenvalue weighted by Crippen LogP contribution is 2.33. The molecule has 1 aromatic carbocycles. The van der Waals surface area contributed by atoms with Gasteiger partial charge < -0.3 is 10.2 Å². The van der Waals surface area contributed by atoms with Gasteiger partial charge in [-0.15, -0.1) is 0 Å². The summed E-state index contributed by atoms with van der Waals surface area (Å²) in [7, 11) is 0. The molecule has 0 fully saturated rings. The number of benzene rings is 1. The number of ketones is 1. The van der Waals surface area contributed by atoms with Crippen LogP contribution in [-0.4, -0.2) is 34.4 Å². The van der Waals surface area contributed by atoms with Crippen molar-refractivity contribution in [2.75, 3.05) is 0 Å². The van der Waals surface area contributed by atoms with Gasteiger partial charge in [-0.3, -0.25) is 4.79 Å². The van der Waals surface area contributed by atoms with Crippen molar-refractivity contribution in [3.05, 3.63) is 35.4 Å². The number of aliphatic hydroxyl groups excluding tert-OH is 2. The molecule has 0 aliphatic carbocycles. The maximum atomic E-state index is 12.8. The van der Waals surface area contributed by atoms with E-state index in [1.54, 1.807) is 0 Å². The van der Waals surface area contributed by atoms with Crippen molar-refractivity contribution in [3.63, 3.8) is 0 Å². The van der Waals surface area contributed by atoms with Gasteiger partial charge >= 0.3 is 6.18 Å². The second-order valence-electron chi connectivity index (χ2n) is 6.57. The Hall–Kier alpha value is -1.40. The van der Waals surface area contributed by atoms with Gasteiger partial charge in [0, 0.05) is 11.5 Å². The van der Waals surface area contributed by atoms with E-state index in [4.69, 9.17) is 0 Å². The van der Waals surface area contributed by atoms with Gasteiger partial charge in [0.05, 0.1) is 12.2 Å². The molecule has 0 saturated carbocycles. The van der Waals surface area contributed by atoms with E-state index in [-0.39, 0.29) is 5.56 Å². The highest BCUT2D eigenvalue weighted by Gasteiger charge is 2.42. The Labute approximate surface area is 140 Å². The number of carbonyl (C=O) groups is 1. The van der Waals surface area contributed by atoms with Crippen LogP contribution in [-0.2, 0) is 0 Å². The van der Waals surface area contributed by atoms with E-state index in [2.05, 4.69) is 0 Å². The van der Waals surface area contributed by atoms with Crippen molar-refractivity contribution < 1.29 is 28.2 Å². The van der Waals surface area contributed by atoms with Crippen LogP contribution in [0.15, 0.2) is 24.3 Å². The molecule has 3 nitrogen and oxygen atoms in total. The fourth-order valence-corrected chi connectivity index (χ4v) is 2.85. The quantitative estimate of drug-likeness (QED) is 0.697. The van der Waals surface area contributed by atoms with Gasteiger partial charge in [0.15, 0.2) is 0 Å². The van der Waals surface area contributed by atoms with Crippen molar-refractivity contribution in [2.45, 2.75) is 64.3 Å². The minimum absolute atomic E-state index is 0.0341. The minimum Gasteiger partial charge on any atom is -0.393 e. The summed E-state index contributed by atoms with van der Waals surface area (Å²) in [5, 5.41) is 20.4. The van der Waals surface area contributed by atoms with E-state index in [0.29, 0.717) is 18.8 Å². The lowest BCUT2D eigenvalue weighted by Crippen LogP contribution is -2.31. The van der Waals surface area contributed by atoms with E-state index < -0.39 is 35.6 Å². The van der Waals surface area contributed by atoms with Crippen LogP contribution in [0.2, 0.25) is 0 Å². The zero-order valence-electron chi connectivity index (χ0n) is 14.2. The Bertz CT molecular complexity index is 539. The summed E-state index contributed by atoms with van der Waals surface area (Å²) in [4.78, 5) is 11.7. The number of alkyl halides is 3. The molecule has 136 valence electrons. The van der Waals surface area contributed by atoms with Gasteiger partial charge in [-0.25, -0.2) is 0 Å². The molecule has 0 radical (unpaired) electrons. The van der Waals surface area contributed by atoms with Gasteiger partial charge in [0.25, 0.3) is 5.78 Å². The maximum absolute atomic E-state index is 12.8. The van der Waals surface area contributed by atoms with E-state index in [1.165, 1.54) is 25.1 Å². The van der Waals surface area contributed by atoms with E-state index >= 15 is 0 Å². The molecule has 0 heterocycles. The van der Waals surface area contributed by atoms with Crippen LogP contribution in [0.4, 0.5) is 13.2 Å². The zero-order chi connectivity index (χ0) is 18.5. The van der Waals surface area contributed by atoms with Crippen LogP contribution in [0.5, 0.6) is 0 Å². The first kappa shape index (κ1) is 20.6. The first-order valence-electron chi connectivity index (χ1n) is 8.12. The molecule has 0 bridgehead atoms. The number of halogens is 3. The van der Waals surface area contributed by atoms with Crippen LogP contribution < -0.4 is 0 Å². The molecular weight excluding hydrogens is 321 g/mol. The molecule has 3 atom stereocenters. The van der Waals surface area contributed by atoms with Gasteiger partial charge in [-0.2, -0.15) is 13.2 Å². The molecule has 1 aromatic rings. The van der Waals surface area contributed by atoms with Crippen molar-refractivity contribution in [1.82, 2.24) is 0 Å². The zero-order valence-corrected chi connectivity index (χ0v) is 14.2. The molecule has 2 N–H and O–H groups in total. The summed E-state index contributed by atoms with van der Waals surface area (Å²) in [6, 6.07) is 5.29. The number of aliphatic hydroxyl groups is 2. The van der Waals surface area contributed by atoms with Crippen molar-refractivity contribution in [2.24, 2.45) is 5.92 Å². The molecule has 1 rings (SSSR count). The van der Waals surface area contributed by atoms with Crippen LogP contribution in [0, 0.1) is 5.92 Å². The Kier molecular flexibility index (Phi) is 7.42. The number of carbonyl (C=O) groups excluding carboxylic acids is 1. The normalized spacial score (nSPS) is 16.0. The van der Waals surface area contributed by atoms with E-state index in [0.717, 1.165) is 12.5 Å². The fraction of sp³-hybridized carbons (Fsp3) is 0.611. The summed E-state index contributed by atoms with van der Waals surface area (Å²) in [5.41, 5.74) is -0.481. The highest BCUT2D eigenvalue weighted by molar-refractivity contribution is 6.01. The number of hydrogen-bond acceptors (Lipinski definition) is 3. The van der Waals surface area contributed by atoms with Crippen molar-refractivity contribution in [1.29, 1.82) is 0 Å². The lowest BCUT2D eigenvalue weighted by atomic mass is 9.82. The number of hydrogen-bond donors (Lipinski definition) is 2. The second kappa shape index (κ2) is 8.62. The van der Waals surface area contributed by atoms with Crippen LogP contribution in [0.25, 0.3) is 0 Å². The Balaban J connectivity index is 3.11. The third-order valence-electron chi connectivity index (χ3n) is 4.04. The predicted molar refractivity (Wildman–Crippen MR) is 85.9 cm³/mol. The highest BCUT2D eigenvalue weighted by atomic mass is 19.4. The smallest absolute Gasteiger partial charge is 0.393 e. The molecular formula is C18H25F3O3. The third-order valence-corrected chi connectivity index (χ3v) is 4.04. The molecule has 3 unspecified atom stereocenters. The fourth-order valence-electron chi connectivity index (χ4n) is 2.85. The Morgan fingerprint density at radius 1 is 1.08 bits per heavy atom. The number of Topliss-reactive ketones (excluding diaryl/α,β-unsaturated/α-hetero) is 1. The molecule has 6 heteroatoms. The van der Waals surface area contributed by atoms with E-state index in [9.17, 15) is 28.2 Å². The average Bonchev–Trinajstić information content (AvgIpc) is 2.45. The molecule has 0 aromatic heterocycles. The Morgan fingerprint density at radius 3 is 2.17 bits per heavy atom. The summed E-state index contributed by atoms with van der Waals surface area (Å²) in [6.45, 7) is 5.48. The van der Waals surface area contributed by atoms with Crippen LogP contribution in [0.1, 0.15) is 61.9 Å². The average molecular weight is 346 g/mol. The standard InChI is InChI=1S/C18H25F3O3/c1-11(2)7-6-10-15(23)16(12(3)22)13-8-4-5-9-14(13)17(24)18(19,20)21/h4-5,8-9,11-12,15-16,22-23H,6-7,10H2,1-3H3. The van der Waals surface area contributed by atoms with Crippen LogP contribution >= 0.6 is 0 Å². The van der Waals surface area contributed by atoms with Crippen molar-refractivity contribution >= 4 is 5.78 Å². The lowest BCUT2D eigenvalue weighted by Gasteiger charge is -2.28. The third kappa shape index (κ3) is 5.60. The molecule has 0 amide bonds. The van der Waals surface area contributed by atoms with Gasteiger partial charge in [-0.1, -0.05) is 51.0 Å². The largest absolute Gasteiger partial charge is 0.454 e. The monoisotopic (exact) mass is 346 g/mol. The minimum atomic E-state index is -5.00. The first-order valence-corrected chi connectivity index (χ1v) is 8.12. The predicted octanol–water partition coefficient (Wildman–Crippen LogP) is 4.08. The van der Waals surface area contributed by atoms with Gasteiger partial charge in [-0.05, 0) is 24.8 Å². The van der Waals surface area contributed by atoms with Gasteiger partial charge in [0.1, 0.15) is 0 Å². The molecule has 0 aliphatic rings. The van der Waals surface area contributed by atoms with Crippen molar-refractivity contribution in [3.8, 4) is 0 Å². The van der Waals surface area contributed by atoms with E-state index in [1.807, 2.05) is 13.8 Å². The summed E-state index contributed by atoms with van der Waals surface area (Å²) in [6.07, 6.45) is -5.19. The van der Waals surface area contributed by atoms with Gasteiger partial charge in [0.2, 0.25) is 0 Å². The summed E-state index contributed by atoms with van der Waals surface area (Å²) in [5.74, 6) is -2.46. The Morgan fingerprint density at radius 2 is 1.67 bits per heavy atom. The summed E-state index contributed by atoms with van der Waals surface area (Å²) >= 11 is 0.